The van der Waals surface area contributed by atoms with Gasteiger partial charge < -0.3 is 23.7 Å². The van der Waals surface area contributed by atoms with Gasteiger partial charge in [0.2, 0.25) is 0 Å². The molecule has 144 valence electrons. The molecule has 1 saturated heterocycles. The van der Waals surface area contributed by atoms with Gasteiger partial charge in [-0.25, -0.2) is 0 Å². The molecule has 0 aromatic heterocycles. The lowest BCUT2D eigenvalue weighted by molar-refractivity contribution is 0.0286. The van der Waals surface area contributed by atoms with Crippen molar-refractivity contribution in [2.24, 2.45) is 11.8 Å². The lowest BCUT2D eigenvalue weighted by Gasteiger charge is -2.22. The summed E-state index contributed by atoms with van der Waals surface area (Å²) in [7, 11) is 3.30. The van der Waals surface area contributed by atoms with E-state index in [2.05, 4.69) is 32.0 Å². The van der Waals surface area contributed by atoms with Crippen molar-refractivity contribution in [1.29, 1.82) is 0 Å². The number of ether oxygens (including phenoxy) is 5. The zero-order chi connectivity index (χ0) is 19.0. The molecule has 0 N–H and O–H groups in total. The van der Waals surface area contributed by atoms with Crippen LogP contribution in [0.3, 0.4) is 0 Å². The van der Waals surface area contributed by atoms with E-state index in [1.54, 1.807) is 14.2 Å². The van der Waals surface area contributed by atoms with Gasteiger partial charge in [-0.3, -0.25) is 0 Å². The molecule has 0 bridgehead atoms. The molecule has 2 aromatic rings. The smallest absolute Gasteiger partial charge is 0.161 e. The molecule has 2 aliphatic heterocycles. The molecule has 0 radical (unpaired) electrons. The summed E-state index contributed by atoms with van der Waals surface area (Å²) in [5.74, 6) is 3.79. The predicted molar refractivity (Wildman–Crippen MR) is 102 cm³/mol. The van der Waals surface area contributed by atoms with Gasteiger partial charge in [0.1, 0.15) is 13.2 Å². The standard InChI is InChI=1S/C22H26O5/c1-13-14(2)22(16-6-8-18-20(12-16)26-10-9-25-18)27-21(13)15-5-7-17(23-3)19(11-15)24-4/h5-8,11-14,21-22H,9-10H2,1-4H3. The van der Waals surface area contributed by atoms with Crippen LogP contribution in [0.4, 0.5) is 0 Å². The highest BCUT2D eigenvalue weighted by Crippen LogP contribution is 2.50. The minimum atomic E-state index is -0.00185. The van der Waals surface area contributed by atoms with E-state index in [4.69, 9.17) is 23.7 Å². The molecule has 2 aromatic carbocycles. The first-order chi connectivity index (χ1) is 13.1. The molecule has 0 amide bonds. The van der Waals surface area contributed by atoms with Gasteiger partial charge in [-0.05, 0) is 47.2 Å². The van der Waals surface area contributed by atoms with Crippen LogP contribution in [0, 0.1) is 11.8 Å². The average molecular weight is 370 g/mol. The highest BCUT2D eigenvalue weighted by Gasteiger charge is 2.41. The fourth-order valence-corrected chi connectivity index (χ4v) is 3.99. The lowest BCUT2D eigenvalue weighted by Crippen LogP contribution is -2.16. The van der Waals surface area contributed by atoms with Gasteiger partial charge in [-0.15, -0.1) is 0 Å². The minimum absolute atomic E-state index is 0.00185. The number of hydrogen-bond acceptors (Lipinski definition) is 5. The topological polar surface area (TPSA) is 46.2 Å². The van der Waals surface area contributed by atoms with Crippen LogP contribution in [0.1, 0.15) is 37.2 Å². The Hall–Kier alpha value is -2.40. The van der Waals surface area contributed by atoms with E-state index in [0.717, 1.165) is 34.1 Å². The number of rotatable bonds is 4. The fraction of sp³-hybridized carbons (Fsp3) is 0.455. The summed E-state index contributed by atoms with van der Waals surface area (Å²) < 4.78 is 28.7. The Balaban J connectivity index is 1.61. The molecular weight excluding hydrogens is 344 g/mol. The summed E-state index contributed by atoms with van der Waals surface area (Å²) in [5.41, 5.74) is 2.23. The Labute approximate surface area is 160 Å². The SMILES string of the molecule is COc1ccc(C2OC(c3ccc4c(c3)OCCO4)C(C)C2C)cc1OC. The molecule has 27 heavy (non-hydrogen) atoms. The van der Waals surface area contributed by atoms with E-state index >= 15 is 0 Å². The van der Waals surface area contributed by atoms with Gasteiger partial charge in [-0.1, -0.05) is 26.0 Å². The Kier molecular flexibility index (Phi) is 4.87. The van der Waals surface area contributed by atoms with Gasteiger partial charge >= 0.3 is 0 Å². The van der Waals surface area contributed by atoms with Gasteiger partial charge in [0, 0.05) is 0 Å². The molecule has 2 heterocycles. The zero-order valence-electron chi connectivity index (χ0n) is 16.2. The maximum atomic E-state index is 6.53. The quantitative estimate of drug-likeness (QED) is 0.789. The van der Waals surface area contributed by atoms with Crippen LogP contribution >= 0.6 is 0 Å². The summed E-state index contributed by atoms with van der Waals surface area (Å²) in [6.07, 6.45) is 0.00642. The summed E-state index contributed by atoms with van der Waals surface area (Å²) in [6, 6.07) is 12.1. The highest BCUT2D eigenvalue weighted by atomic mass is 16.6. The molecule has 0 spiro atoms. The Morgan fingerprint density at radius 3 is 2.00 bits per heavy atom. The van der Waals surface area contributed by atoms with E-state index in [0.29, 0.717) is 25.0 Å². The van der Waals surface area contributed by atoms with Crippen molar-refractivity contribution < 1.29 is 23.7 Å². The van der Waals surface area contributed by atoms with Crippen LogP contribution in [0.5, 0.6) is 23.0 Å². The van der Waals surface area contributed by atoms with E-state index in [9.17, 15) is 0 Å². The Bertz CT molecular complexity index is 769. The third-order valence-electron chi connectivity index (χ3n) is 5.71. The lowest BCUT2D eigenvalue weighted by atomic mass is 9.85. The average Bonchev–Trinajstić information content (AvgIpc) is 3.02. The monoisotopic (exact) mass is 370 g/mol. The van der Waals surface area contributed by atoms with Crippen LogP contribution in [0.15, 0.2) is 36.4 Å². The zero-order valence-corrected chi connectivity index (χ0v) is 16.2. The second-order valence-electron chi connectivity index (χ2n) is 7.21. The van der Waals surface area contributed by atoms with Crippen molar-refractivity contribution in [3.63, 3.8) is 0 Å². The molecule has 4 atom stereocenters. The van der Waals surface area contributed by atoms with E-state index in [-0.39, 0.29) is 12.2 Å². The van der Waals surface area contributed by atoms with Crippen LogP contribution in [0.2, 0.25) is 0 Å². The molecule has 5 heteroatoms. The summed E-state index contributed by atoms with van der Waals surface area (Å²) in [4.78, 5) is 0. The number of methoxy groups -OCH3 is 2. The van der Waals surface area contributed by atoms with Gasteiger partial charge in [0.05, 0.1) is 26.4 Å². The fourth-order valence-electron chi connectivity index (χ4n) is 3.99. The summed E-state index contributed by atoms with van der Waals surface area (Å²) >= 11 is 0. The van der Waals surface area contributed by atoms with Crippen LogP contribution in [0.25, 0.3) is 0 Å². The first-order valence-corrected chi connectivity index (χ1v) is 9.39. The van der Waals surface area contributed by atoms with Gasteiger partial charge in [0.25, 0.3) is 0 Å². The maximum Gasteiger partial charge on any atom is 0.161 e. The van der Waals surface area contributed by atoms with E-state index in [1.807, 2.05) is 18.2 Å². The Morgan fingerprint density at radius 1 is 0.741 bits per heavy atom. The minimum Gasteiger partial charge on any atom is -0.493 e. The van der Waals surface area contributed by atoms with Crippen molar-refractivity contribution in [2.75, 3.05) is 27.4 Å². The molecule has 1 fully saturated rings. The van der Waals surface area contributed by atoms with Gasteiger partial charge in [-0.2, -0.15) is 0 Å². The third-order valence-corrected chi connectivity index (χ3v) is 5.71. The second kappa shape index (κ2) is 7.31. The normalized spacial score (nSPS) is 26.7. The largest absolute Gasteiger partial charge is 0.493 e. The number of fused-ring (bicyclic) bond motifs is 1. The first kappa shape index (κ1) is 18.0. The Morgan fingerprint density at radius 2 is 1.33 bits per heavy atom. The molecule has 0 saturated carbocycles. The summed E-state index contributed by atoms with van der Waals surface area (Å²) in [6.45, 7) is 5.67. The van der Waals surface area contributed by atoms with E-state index < -0.39 is 0 Å². The second-order valence-corrected chi connectivity index (χ2v) is 7.21. The molecular formula is C22H26O5. The third kappa shape index (κ3) is 3.21. The molecule has 4 unspecified atom stereocenters. The highest BCUT2D eigenvalue weighted by molar-refractivity contribution is 5.46. The van der Waals surface area contributed by atoms with Crippen LogP contribution in [-0.2, 0) is 4.74 Å². The van der Waals surface area contributed by atoms with Crippen LogP contribution < -0.4 is 18.9 Å². The number of benzene rings is 2. The molecule has 5 nitrogen and oxygen atoms in total. The van der Waals surface area contributed by atoms with E-state index in [1.165, 1.54) is 0 Å². The molecule has 0 aliphatic carbocycles. The van der Waals surface area contributed by atoms with Crippen LogP contribution in [-0.4, -0.2) is 27.4 Å². The number of hydrogen-bond donors (Lipinski definition) is 0. The first-order valence-electron chi connectivity index (χ1n) is 9.39. The van der Waals surface area contributed by atoms with Crippen molar-refractivity contribution in [3.8, 4) is 23.0 Å². The van der Waals surface area contributed by atoms with Crippen molar-refractivity contribution in [1.82, 2.24) is 0 Å². The maximum absolute atomic E-state index is 6.53. The summed E-state index contributed by atoms with van der Waals surface area (Å²) in [5, 5.41) is 0. The van der Waals surface area contributed by atoms with Crippen molar-refractivity contribution >= 4 is 0 Å². The van der Waals surface area contributed by atoms with Gasteiger partial charge in [0.15, 0.2) is 23.0 Å². The molecule has 4 rings (SSSR count). The predicted octanol–water partition coefficient (Wildman–Crippen LogP) is 4.56. The molecule has 2 aliphatic rings. The van der Waals surface area contributed by atoms with Crippen molar-refractivity contribution in [2.45, 2.75) is 26.1 Å². The van der Waals surface area contributed by atoms with Crippen molar-refractivity contribution in [3.05, 3.63) is 47.5 Å².